The second kappa shape index (κ2) is 18.6. The number of thiophene rings is 1. The molecule has 0 saturated heterocycles. The fourth-order valence-corrected chi connectivity index (χ4v) is 14.1. The maximum atomic E-state index is 7.31. The lowest BCUT2D eigenvalue weighted by atomic mass is 9.43. The van der Waals surface area contributed by atoms with Crippen molar-refractivity contribution in [2.45, 2.75) is 105 Å². The first-order chi connectivity index (χ1) is 39.2. The number of hydrogen-bond donors (Lipinski definition) is 0. The van der Waals surface area contributed by atoms with Crippen LogP contribution in [0.25, 0.3) is 64.4 Å². The van der Waals surface area contributed by atoms with Gasteiger partial charge in [-0.1, -0.05) is 204 Å². The van der Waals surface area contributed by atoms with Crippen LogP contribution in [0.5, 0.6) is 0 Å². The van der Waals surface area contributed by atoms with E-state index in [1.54, 1.807) is 0 Å². The summed E-state index contributed by atoms with van der Waals surface area (Å²) in [5, 5.41) is 4.74. The largest absolute Gasteiger partial charge is 0.455 e. The SMILES string of the molecule is CC(C)(C)c1ccc(N2B3c4ccc5sc6ccccc6c5c4N(c4ccc(C(C)(C)C)cc4-c4ccccc4)c4cc5c(oc6ccccc65)c(c43)-c3ccc(N(c4ccc(C(C)(C)C)cc4)c4ccc(C(C)(C)C)cc4)cc32)cc1. The summed E-state index contributed by atoms with van der Waals surface area (Å²) in [6, 6.07) is 78.4. The Hall–Kier alpha value is -8.32. The number of benzene rings is 10. The van der Waals surface area contributed by atoms with Crippen LogP contribution in [0, 0.1) is 0 Å². The predicted molar refractivity (Wildman–Crippen MR) is 355 cm³/mol. The summed E-state index contributed by atoms with van der Waals surface area (Å²) >= 11 is 1.89. The Morgan fingerprint density at radius 3 is 1.62 bits per heavy atom. The minimum absolute atomic E-state index is 0.00650. The maximum Gasteiger partial charge on any atom is 0.333 e. The maximum absolute atomic E-state index is 7.31. The summed E-state index contributed by atoms with van der Waals surface area (Å²) in [6.07, 6.45) is 0. The molecular formula is C76H70BN3OS. The molecule has 0 spiro atoms. The van der Waals surface area contributed by atoms with Gasteiger partial charge in [-0.05, 0) is 145 Å². The van der Waals surface area contributed by atoms with E-state index in [9.17, 15) is 0 Å². The summed E-state index contributed by atoms with van der Waals surface area (Å²) in [7, 11) is 0. The van der Waals surface area contributed by atoms with Gasteiger partial charge in [0.1, 0.15) is 11.2 Å². The van der Waals surface area contributed by atoms with Gasteiger partial charge in [0.05, 0.1) is 11.4 Å². The molecule has 0 saturated carbocycles. The zero-order chi connectivity index (χ0) is 56.8. The van der Waals surface area contributed by atoms with Crippen LogP contribution in [0.4, 0.5) is 45.5 Å². The van der Waals surface area contributed by atoms with Crippen molar-refractivity contribution in [1.29, 1.82) is 0 Å². The van der Waals surface area contributed by atoms with Crippen LogP contribution in [-0.4, -0.2) is 6.85 Å². The number of rotatable bonds is 6. The van der Waals surface area contributed by atoms with E-state index in [4.69, 9.17) is 4.42 Å². The van der Waals surface area contributed by atoms with Crippen molar-refractivity contribution in [3.05, 3.63) is 229 Å². The van der Waals surface area contributed by atoms with Gasteiger partial charge < -0.3 is 19.0 Å². The highest BCUT2D eigenvalue weighted by atomic mass is 32.1. The molecule has 12 aromatic rings. The van der Waals surface area contributed by atoms with Crippen LogP contribution in [0.15, 0.2) is 211 Å². The molecule has 2 aliphatic heterocycles. The first-order valence-corrected chi connectivity index (χ1v) is 30.0. The number of hydrogen-bond acceptors (Lipinski definition) is 5. The van der Waals surface area contributed by atoms with Crippen molar-refractivity contribution < 1.29 is 4.42 Å². The van der Waals surface area contributed by atoms with Crippen LogP contribution in [0.2, 0.25) is 0 Å². The molecule has 404 valence electrons. The van der Waals surface area contributed by atoms with Gasteiger partial charge in [-0.3, -0.25) is 0 Å². The van der Waals surface area contributed by atoms with Crippen LogP contribution in [0.1, 0.15) is 105 Å². The van der Waals surface area contributed by atoms with E-state index >= 15 is 0 Å². The third-order valence-electron chi connectivity index (χ3n) is 17.5. The number of fused-ring (bicyclic) bond motifs is 12. The van der Waals surface area contributed by atoms with E-state index in [0.717, 1.165) is 72.9 Å². The van der Waals surface area contributed by atoms with Crippen LogP contribution in [0.3, 0.4) is 0 Å². The lowest BCUT2D eigenvalue weighted by Crippen LogP contribution is -2.61. The second-order valence-corrected chi connectivity index (χ2v) is 28.1. The van der Waals surface area contributed by atoms with Crippen molar-refractivity contribution in [2.75, 3.05) is 14.6 Å². The summed E-state index contributed by atoms with van der Waals surface area (Å²) in [5.41, 5.74) is 23.0. The molecule has 2 aromatic heterocycles. The van der Waals surface area contributed by atoms with Crippen LogP contribution >= 0.6 is 11.3 Å². The molecule has 0 aliphatic carbocycles. The van der Waals surface area contributed by atoms with Gasteiger partial charge in [0.2, 0.25) is 0 Å². The van der Waals surface area contributed by atoms with Gasteiger partial charge in [-0.15, -0.1) is 11.3 Å². The highest BCUT2D eigenvalue weighted by molar-refractivity contribution is 7.26. The van der Waals surface area contributed by atoms with E-state index in [1.165, 1.54) is 70.2 Å². The highest BCUT2D eigenvalue weighted by Gasteiger charge is 2.48. The molecular weight excluding hydrogens is 1010 g/mol. The van der Waals surface area contributed by atoms with E-state index in [-0.39, 0.29) is 28.5 Å². The first-order valence-electron chi connectivity index (χ1n) is 29.2. The molecule has 2 aliphatic rings. The summed E-state index contributed by atoms with van der Waals surface area (Å²) in [6.45, 7) is 27.4. The zero-order valence-corrected chi connectivity index (χ0v) is 50.2. The lowest BCUT2D eigenvalue weighted by Gasteiger charge is -2.46. The third-order valence-corrected chi connectivity index (χ3v) is 18.6. The van der Waals surface area contributed by atoms with E-state index in [0.29, 0.717) is 0 Å². The first kappa shape index (κ1) is 51.8. The zero-order valence-electron chi connectivity index (χ0n) is 49.4. The molecule has 0 N–H and O–H groups in total. The van der Waals surface area contributed by atoms with Gasteiger partial charge in [0.25, 0.3) is 0 Å². The van der Waals surface area contributed by atoms with Crippen LogP contribution < -0.4 is 25.5 Å². The van der Waals surface area contributed by atoms with Gasteiger partial charge >= 0.3 is 6.85 Å². The molecule has 0 atom stereocenters. The number of nitrogens with zero attached hydrogens (tertiary/aromatic N) is 3. The van der Waals surface area contributed by atoms with Crippen molar-refractivity contribution in [3.63, 3.8) is 0 Å². The smallest absolute Gasteiger partial charge is 0.333 e. The Morgan fingerprint density at radius 1 is 0.427 bits per heavy atom. The average molecular weight is 1080 g/mol. The summed E-state index contributed by atoms with van der Waals surface area (Å²) in [5.74, 6) is 0. The monoisotopic (exact) mass is 1080 g/mol. The molecule has 0 bridgehead atoms. The highest BCUT2D eigenvalue weighted by Crippen LogP contribution is 2.55. The van der Waals surface area contributed by atoms with E-state index in [2.05, 4.69) is 304 Å². The molecule has 0 radical (unpaired) electrons. The van der Waals surface area contributed by atoms with Gasteiger partial charge in [0, 0.05) is 81.8 Å². The minimum atomic E-state index is -0.278. The van der Waals surface area contributed by atoms with Crippen molar-refractivity contribution in [3.8, 4) is 22.3 Å². The molecule has 6 heteroatoms. The number of anilines is 8. The van der Waals surface area contributed by atoms with E-state index in [1.807, 2.05) is 11.3 Å². The summed E-state index contributed by atoms with van der Waals surface area (Å²) in [4.78, 5) is 7.78. The fraction of sp³-hybridized carbons (Fsp3) is 0.211. The standard InChI is InChI=1S/C76H70BN3OS/c1-73(2,3)48-26-33-52(34-27-48)78(53-35-28-49(29-36-53)74(4,5)6)55-39-40-57-63(45-55)80(54-37-30-50(31-38-54)75(7,8)9)77-61-41-43-67-68(58-23-17-19-25-66(58)82-67)71(61)79(62-42-32-51(76(10,11)12)44-59(62)47-20-14-13-15-21-47)64-46-60-56-22-16-18-24-65(56)81-72(60)69(57)70(64)77/h13-46H,1-12H3. The van der Waals surface area contributed by atoms with Gasteiger partial charge in [-0.2, -0.15) is 0 Å². The van der Waals surface area contributed by atoms with Crippen LogP contribution in [-0.2, 0) is 21.7 Å². The Kier molecular flexibility index (Phi) is 11.8. The molecule has 0 fully saturated rings. The quantitative estimate of drug-likeness (QED) is 0.155. The minimum Gasteiger partial charge on any atom is -0.455 e. The Morgan fingerprint density at radius 2 is 0.988 bits per heavy atom. The van der Waals surface area contributed by atoms with Crippen molar-refractivity contribution >= 4 is 117 Å². The molecule has 82 heavy (non-hydrogen) atoms. The third kappa shape index (κ3) is 8.38. The second-order valence-electron chi connectivity index (χ2n) is 27.0. The van der Waals surface area contributed by atoms with Crippen molar-refractivity contribution in [1.82, 2.24) is 0 Å². The normalized spacial score (nSPS) is 13.5. The molecule has 10 aromatic carbocycles. The van der Waals surface area contributed by atoms with Gasteiger partial charge in [-0.25, -0.2) is 0 Å². The molecule has 4 heterocycles. The molecule has 4 nitrogen and oxygen atoms in total. The lowest BCUT2D eigenvalue weighted by molar-refractivity contribution is 0.590. The Bertz CT molecular complexity index is 4430. The van der Waals surface area contributed by atoms with Gasteiger partial charge in [0.15, 0.2) is 0 Å². The predicted octanol–water partition coefficient (Wildman–Crippen LogP) is 21.0. The fourth-order valence-electron chi connectivity index (χ4n) is 13.0. The summed E-state index contributed by atoms with van der Waals surface area (Å²) < 4.78 is 9.85. The number of para-hydroxylation sites is 1. The number of furan rings is 1. The molecule has 0 amide bonds. The molecule has 14 rings (SSSR count). The molecule has 0 unspecified atom stereocenters. The Balaban J connectivity index is 1.13. The Labute approximate surface area is 488 Å². The topological polar surface area (TPSA) is 22.9 Å². The average Bonchev–Trinajstić information content (AvgIpc) is 2.95. The van der Waals surface area contributed by atoms with E-state index < -0.39 is 0 Å². The van der Waals surface area contributed by atoms with Crippen molar-refractivity contribution in [2.24, 2.45) is 0 Å².